The van der Waals surface area contributed by atoms with Crippen LogP contribution in [0.4, 0.5) is 26.3 Å². The highest BCUT2D eigenvalue weighted by atomic mass is 19.4. The van der Waals surface area contributed by atoms with E-state index in [1.165, 1.54) is 43.9 Å². The van der Waals surface area contributed by atoms with Crippen molar-refractivity contribution in [3.05, 3.63) is 64.0 Å². The molecule has 0 bridgehead atoms. The molecule has 0 spiro atoms. The standard InChI is InChI=1S/C28H30F6O/c1-2-3-4-5-17-6-8-18(9-7-17)22-14-24(30)27(25(31)15-22)20-11-10-19-16-26(35-28(32,33)34)23(29)13-21(19)12-20/h12-18H,2-11H2,1H3. The fourth-order valence-corrected chi connectivity index (χ4v) is 5.49. The molecule has 0 radical (unpaired) electrons. The molecule has 0 N–H and O–H groups in total. The third-order valence-electron chi connectivity index (χ3n) is 7.33. The molecular formula is C28H30F6O. The van der Waals surface area contributed by atoms with E-state index in [1.54, 1.807) is 0 Å². The number of halogens is 6. The second-order valence-corrected chi connectivity index (χ2v) is 9.77. The number of fused-ring (bicyclic) bond motifs is 1. The largest absolute Gasteiger partial charge is 0.573 e. The summed E-state index contributed by atoms with van der Waals surface area (Å²) in [4.78, 5) is 0. The van der Waals surface area contributed by atoms with Gasteiger partial charge in [0.1, 0.15) is 11.6 Å². The Kier molecular flexibility index (Phi) is 7.82. The summed E-state index contributed by atoms with van der Waals surface area (Å²) >= 11 is 0. The normalized spacial score (nSPS) is 20.4. The third kappa shape index (κ3) is 6.22. The van der Waals surface area contributed by atoms with Gasteiger partial charge in [0.25, 0.3) is 0 Å². The summed E-state index contributed by atoms with van der Waals surface area (Å²) in [5, 5.41) is 0. The van der Waals surface area contributed by atoms with E-state index in [1.807, 2.05) is 0 Å². The van der Waals surface area contributed by atoms with Crippen LogP contribution in [0, 0.1) is 23.4 Å². The van der Waals surface area contributed by atoms with Gasteiger partial charge < -0.3 is 4.74 Å². The average molecular weight is 497 g/mol. The molecule has 4 rings (SSSR count). The molecule has 0 saturated heterocycles. The van der Waals surface area contributed by atoms with Gasteiger partial charge >= 0.3 is 6.36 Å². The number of rotatable bonds is 7. The number of alkyl halides is 3. The van der Waals surface area contributed by atoms with Gasteiger partial charge in [0.15, 0.2) is 11.6 Å². The van der Waals surface area contributed by atoms with Crippen LogP contribution >= 0.6 is 0 Å². The molecule has 0 aliphatic heterocycles. The molecule has 2 aliphatic carbocycles. The van der Waals surface area contributed by atoms with Crippen molar-refractivity contribution >= 4 is 11.6 Å². The molecule has 2 aliphatic rings. The van der Waals surface area contributed by atoms with Crippen LogP contribution in [0.3, 0.4) is 0 Å². The molecule has 1 saturated carbocycles. The molecule has 0 heterocycles. The first-order chi connectivity index (χ1) is 16.6. The maximum Gasteiger partial charge on any atom is 0.573 e. The summed E-state index contributed by atoms with van der Waals surface area (Å²) < 4.78 is 85.6. The molecule has 2 aromatic carbocycles. The molecule has 7 heteroatoms. The van der Waals surface area contributed by atoms with Gasteiger partial charge in [-0.05, 0) is 96.9 Å². The summed E-state index contributed by atoms with van der Waals surface area (Å²) in [5.41, 5.74) is 1.61. The lowest BCUT2D eigenvalue weighted by atomic mass is 9.76. The van der Waals surface area contributed by atoms with E-state index < -0.39 is 29.6 Å². The van der Waals surface area contributed by atoms with Crippen molar-refractivity contribution in [3.63, 3.8) is 0 Å². The van der Waals surface area contributed by atoms with Crippen molar-refractivity contribution in [2.24, 2.45) is 5.92 Å². The molecular weight excluding hydrogens is 466 g/mol. The lowest BCUT2D eigenvalue weighted by molar-refractivity contribution is -0.275. The van der Waals surface area contributed by atoms with Gasteiger partial charge in [0.2, 0.25) is 0 Å². The Hall–Kier alpha value is -2.44. The predicted molar refractivity (Wildman–Crippen MR) is 124 cm³/mol. The lowest BCUT2D eigenvalue weighted by Crippen LogP contribution is -2.18. The topological polar surface area (TPSA) is 9.23 Å². The highest BCUT2D eigenvalue weighted by Gasteiger charge is 2.33. The Labute approximate surface area is 202 Å². The highest BCUT2D eigenvalue weighted by Crippen LogP contribution is 2.41. The van der Waals surface area contributed by atoms with Crippen LogP contribution in [0.1, 0.15) is 92.9 Å². The number of aryl methyl sites for hydroxylation is 1. The lowest BCUT2D eigenvalue weighted by Gasteiger charge is -2.29. The summed E-state index contributed by atoms with van der Waals surface area (Å²) in [6, 6.07) is 4.74. The molecule has 1 nitrogen and oxygen atoms in total. The number of allylic oxidation sites excluding steroid dienone is 1. The molecule has 2 aromatic rings. The van der Waals surface area contributed by atoms with E-state index in [0.717, 1.165) is 37.8 Å². The predicted octanol–water partition coefficient (Wildman–Crippen LogP) is 9.34. The zero-order chi connectivity index (χ0) is 25.2. The molecule has 0 aromatic heterocycles. The van der Waals surface area contributed by atoms with Crippen molar-refractivity contribution < 1.29 is 31.1 Å². The van der Waals surface area contributed by atoms with E-state index >= 15 is 8.78 Å². The second-order valence-electron chi connectivity index (χ2n) is 9.77. The first-order valence-electron chi connectivity index (χ1n) is 12.4. The fourth-order valence-electron chi connectivity index (χ4n) is 5.49. The van der Waals surface area contributed by atoms with Crippen molar-refractivity contribution in [2.45, 2.75) is 83.4 Å². The highest BCUT2D eigenvalue weighted by molar-refractivity contribution is 5.85. The minimum atomic E-state index is -5.01. The zero-order valence-corrected chi connectivity index (χ0v) is 19.8. The molecule has 190 valence electrons. The molecule has 35 heavy (non-hydrogen) atoms. The Morgan fingerprint density at radius 2 is 1.54 bits per heavy atom. The first-order valence-corrected chi connectivity index (χ1v) is 12.4. The third-order valence-corrected chi connectivity index (χ3v) is 7.33. The Balaban J connectivity index is 1.51. The van der Waals surface area contributed by atoms with E-state index in [0.29, 0.717) is 28.2 Å². The van der Waals surface area contributed by atoms with Gasteiger partial charge in [-0.3, -0.25) is 0 Å². The minimum Gasteiger partial charge on any atom is -0.403 e. The first kappa shape index (κ1) is 25.6. The summed E-state index contributed by atoms with van der Waals surface area (Å²) in [6.07, 6.45) is 5.79. The maximum atomic E-state index is 15.1. The summed E-state index contributed by atoms with van der Waals surface area (Å²) in [7, 11) is 0. The Morgan fingerprint density at radius 1 is 0.857 bits per heavy atom. The average Bonchev–Trinajstić information content (AvgIpc) is 2.79. The number of hydrogen-bond acceptors (Lipinski definition) is 1. The molecule has 1 fully saturated rings. The van der Waals surface area contributed by atoms with Crippen LogP contribution in [0.5, 0.6) is 5.75 Å². The van der Waals surface area contributed by atoms with E-state index in [4.69, 9.17) is 0 Å². The van der Waals surface area contributed by atoms with Gasteiger partial charge in [-0.15, -0.1) is 13.2 Å². The van der Waals surface area contributed by atoms with Gasteiger partial charge in [-0.1, -0.05) is 38.7 Å². The number of hydrogen-bond donors (Lipinski definition) is 0. The van der Waals surface area contributed by atoms with E-state index in [-0.39, 0.29) is 24.3 Å². The Bertz CT molecular complexity index is 1060. The second kappa shape index (κ2) is 10.7. The minimum absolute atomic E-state index is 0.137. The monoisotopic (exact) mass is 496 g/mol. The molecule has 0 amide bonds. The smallest absolute Gasteiger partial charge is 0.403 e. The maximum absolute atomic E-state index is 15.1. The fraction of sp³-hybridized carbons (Fsp3) is 0.500. The van der Waals surface area contributed by atoms with Crippen LogP contribution in [0.2, 0.25) is 0 Å². The molecule has 0 atom stereocenters. The van der Waals surface area contributed by atoms with Gasteiger partial charge in [0.05, 0.1) is 0 Å². The SMILES string of the molecule is CCCCCC1CCC(c2cc(F)c(C3=Cc4cc(F)c(OC(F)(F)F)cc4CC3)c(F)c2)CC1. The molecule has 0 unspecified atom stereocenters. The van der Waals surface area contributed by atoms with Crippen molar-refractivity contribution in [2.75, 3.05) is 0 Å². The van der Waals surface area contributed by atoms with Gasteiger partial charge in [-0.2, -0.15) is 0 Å². The van der Waals surface area contributed by atoms with Crippen LogP contribution < -0.4 is 4.74 Å². The van der Waals surface area contributed by atoms with Crippen LogP contribution in [0.15, 0.2) is 24.3 Å². The number of ether oxygens (including phenoxy) is 1. The van der Waals surface area contributed by atoms with Gasteiger partial charge in [0, 0.05) is 5.56 Å². The van der Waals surface area contributed by atoms with Crippen LogP contribution in [-0.4, -0.2) is 6.36 Å². The van der Waals surface area contributed by atoms with Crippen molar-refractivity contribution in [3.8, 4) is 5.75 Å². The van der Waals surface area contributed by atoms with Crippen molar-refractivity contribution in [1.82, 2.24) is 0 Å². The van der Waals surface area contributed by atoms with Gasteiger partial charge in [-0.25, -0.2) is 13.2 Å². The van der Waals surface area contributed by atoms with E-state index in [2.05, 4.69) is 11.7 Å². The number of benzene rings is 2. The quantitative estimate of drug-likeness (QED) is 0.274. The zero-order valence-electron chi connectivity index (χ0n) is 19.8. The van der Waals surface area contributed by atoms with Crippen LogP contribution in [-0.2, 0) is 6.42 Å². The van der Waals surface area contributed by atoms with E-state index in [9.17, 15) is 17.6 Å². The Morgan fingerprint density at radius 3 is 2.17 bits per heavy atom. The van der Waals surface area contributed by atoms with Crippen LogP contribution in [0.25, 0.3) is 11.6 Å². The summed E-state index contributed by atoms with van der Waals surface area (Å²) in [6.45, 7) is 2.19. The summed E-state index contributed by atoms with van der Waals surface area (Å²) in [5.74, 6) is -2.57. The van der Waals surface area contributed by atoms with Crippen molar-refractivity contribution in [1.29, 1.82) is 0 Å². The number of unbranched alkanes of at least 4 members (excludes halogenated alkanes) is 2.